The minimum Gasteiger partial charge on any atom is -0.395 e. The van der Waals surface area contributed by atoms with Crippen LogP contribution in [-0.2, 0) is 6.54 Å². The van der Waals surface area contributed by atoms with Gasteiger partial charge >= 0.3 is 0 Å². The number of nitrogens with zero attached hydrogens (tertiary/aromatic N) is 1. The van der Waals surface area contributed by atoms with Crippen LogP contribution in [0.15, 0.2) is 11.4 Å². The van der Waals surface area contributed by atoms with Crippen LogP contribution in [0.1, 0.15) is 44.1 Å². The molecule has 0 aliphatic carbocycles. The fraction of sp³-hybridized carbons (Fsp3) is 0.647. The standard InChI is InChI=1S/C17H25NOS/c1-13-10-14(2)15(3)18(11-13)12-17-16(7-9-20-17)6-4-5-8-19/h7,9,13-15,19H,5,8,10-12H2,1-3H3. The van der Waals surface area contributed by atoms with E-state index < -0.39 is 0 Å². The van der Waals surface area contributed by atoms with Crippen LogP contribution in [0.5, 0.6) is 0 Å². The number of hydrogen-bond donors (Lipinski definition) is 1. The number of rotatable bonds is 3. The summed E-state index contributed by atoms with van der Waals surface area (Å²) in [5.74, 6) is 7.78. The van der Waals surface area contributed by atoms with Gasteiger partial charge in [-0.2, -0.15) is 0 Å². The van der Waals surface area contributed by atoms with Crippen molar-refractivity contribution in [2.24, 2.45) is 11.8 Å². The van der Waals surface area contributed by atoms with Crippen molar-refractivity contribution in [1.82, 2.24) is 4.90 Å². The molecule has 0 bridgehead atoms. The van der Waals surface area contributed by atoms with E-state index in [0.29, 0.717) is 12.5 Å². The Morgan fingerprint density at radius 3 is 2.95 bits per heavy atom. The summed E-state index contributed by atoms with van der Waals surface area (Å²) in [6, 6.07) is 2.75. The smallest absolute Gasteiger partial charge is 0.0540 e. The SMILES string of the molecule is CC1CC(C)C(C)N(Cc2sccc2C#CCCO)C1. The normalized spacial score (nSPS) is 27.1. The highest BCUT2D eigenvalue weighted by Crippen LogP contribution is 2.29. The van der Waals surface area contributed by atoms with E-state index in [9.17, 15) is 0 Å². The van der Waals surface area contributed by atoms with Crippen molar-refractivity contribution in [2.45, 2.75) is 46.2 Å². The van der Waals surface area contributed by atoms with Gasteiger partial charge in [-0.1, -0.05) is 25.7 Å². The van der Waals surface area contributed by atoms with Gasteiger partial charge in [0.1, 0.15) is 0 Å². The predicted octanol–water partition coefficient (Wildman–Crippen LogP) is 3.35. The van der Waals surface area contributed by atoms with Gasteiger partial charge in [0.25, 0.3) is 0 Å². The summed E-state index contributed by atoms with van der Waals surface area (Å²) in [7, 11) is 0. The highest BCUT2D eigenvalue weighted by Gasteiger charge is 2.29. The van der Waals surface area contributed by atoms with Crippen LogP contribution in [0.3, 0.4) is 0 Å². The quantitative estimate of drug-likeness (QED) is 0.863. The third-order valence-electron chi connectivity index (χ3n) is 4.27. The summed E-state index contributed by atoms with van der Waals surface area (Å²) in [5, 5.41) is 10.9. The van der Waals surface area contributed by atoms with Gasteiger partial charge in [-0.15, -0.1) is 11.3 Å². The molecule has 2 heterocycles. The summed E-state index contributed by atoms with van der Waals surface area (Å²) in [4.78, 5) is 3.96. The molecule has 1 aromatic rings. The van der Waals surface area contributed by atoms with Crippen molar-refractivity contribution in [1.29, 1.82) is 0 Å². The second-order valence-electron chi connectivity index (χ2n) is 6.02. The van der Waals surface area contributed by atoms with Crippen LogP contribution in [0.25, 0.3) is 0 Å². The van der Waals surface area contributed by atoms with E-state index in [0.717, 1.165) is 23.9 Å². The molecular weight excluding hydrogens is 266 g/mol. The van der Waals surface area contributed by atoms with E-state index in [-0.39, 0.29) is 6.61 Å². The van der Waals surface area contributed by atoms with Crippen LogP contribution in [0.2, 0.25) is 0 Å². The Kier molecular flexibility index (Phi) is 5.65. The lowest BCUT2D eigenvalue weighted by atomic mass is 9.86. The van der Waals surface area contributed by atoms with Crippen molar-refractivity contribution >= 4 is 11.3 Å². The van der Waals surface area contributed by atoms with E-state index in [1.54, 1.807) is 11.3 Å². The third-order valence-corrected chi connectivity index (χ3v) is 5.18. The van der Waals surface area contributed by atoms with Crippen LogP contribution >= 0.6 is 11.3 Å². The molecule has 1 N–H and O–H groups in total. The molecule has 0 spiro atoms. The lowest BCUT2D eigenvalue weighted by Crippen LogP contribution is -2.45. The van der Waals surface area contributed by atoms with Crippen LogP contribution in [-0.4, -0.2) is 29.2 Å². The maximum Gasteiger partial charge on any atom is 0.0540 e. The molecule has 0 aromatic carbocycles. The molecule has 0 saturated carbocycles. The van der Waals surface area contributed by atoms with E-state index in [4.69, 9.17) is 5.11 Å². The third kappa shape index (κ3) is 3.85. The highest BCUT2D eigenvalue weighted by molar-refractivity contribution is 7.10. The summed E-state index contributed by atoms with van der Waals surface area (Å²) < 4.78 is 0. The lowest BCUT2D eigenvalue weighted by Gasteiger charge is -2.41. The first-order valence-electron chi connectivity index (χ1n) is 7.52. The van der Waals surface area contributed by atoms with Gasteiger partial charge in [-0.25, -0.2) is 0 Å². The molecule has 0 amide bonds. The summed E-state index contributed by atoms with van der Waals surface area (Å²) in [5.41, 5.74) is 1.14. The predicted molar refractivity (Wildman–Crippen MR) is 85.7 cm³/mol. The van der Waals surface area contributed by atoms with Gasteiger partial charge < -0.3 is 5.11 Å². The summed E-state index contributed by atoms with van der Waals surface area (Å²) >= 11 is 1.80. The van der Waals surface area contributed by atoms with Crippen LogP contribution in [0, 0.1) is 23.7 Å². The molecule has 2 rings (SSSR count). The van der Waals surface area contributed by atoms with E-state index in [1.165, 1.54) is 17.8 Å². The number of aliphatic hydroxyl groups excluding tert-OH is 1. The molecule has 1 aliphatic rings. The van der Waals surface area contributed by atoms with Gasteiger partial charge in [-0.05, 0) is 36.6 Å². The average molecular weight is 291 g/mol. The molecule has 3 atom stereocenters. The zero-order valence-corrected chi connectivity index (χ0v) is 13.5. The Morgan fingerprint density at radius 2 is 2.20 bits per heavy atom. The first-order valence-corrected chi connectivity index (χ1v) is 8.40. The first kappa shape index (κ1) is 15.6. The average Bonchev–Trinajstić information content (AvgIpc) is 2.83. The second-order valence-corrected chi connectivity index (χ2v) is 7.02. The second kappa shape index (κ2) is 7.26. The van der Waals surface area contributed by atoms with Crippen molar-refractivity contribution in [2.75, 3.05) is 13.2 Å². The van der Waals surface area contributed by atoms with Crippen LogP contribution in [0.4, 0.5) is 0 Å². The molecule has 0 radical (unpaired) electrons. The number of piperidine rings is 1. The first-order chi connectivity index (χ1) is 9.61. The monoisotopic (exact) mass is 291 g/mol. The van der Waals surface area contributed by atoms with Gasteiger partial charge in [0.2, 0.25) is 0 Å². The summed E-state index contributed by atoms with van der Waals surface area (Å²) in [6.07, 6.45) is 1.90. The summed E-state index contributed by atoms with van der Waals surface area (Å²) in [6.45, 7) is 9.41. The van der Waals surface area contributed by atoms with E-state index >= 15 is 0 Å². The molecule has 110 valence electrons. The Bertz CT molecular complexity index is 485. The molecule has 2 nitrogen and oxygen atoms in total. The Labute approximate surface area is 126 Å². The number of thiophene rings is 1. The Balaban J connectivity index is 2.06. The van der Waals surface area contributed by atoms with Crippen molar-refractivity contribution in [3.8, 4) is 11.8 Å². The maximum atomic E-state index is 8.81. The van der Waals surface area contributed by atoms with Gasteiger partial charge in [-0.3, -0.25) is 4.90 Å². The molecule has 3 unspecified atom stereocenters. The van der Waals surface area contributed by atoms with E-state index in [2.05, 4.69) is 49.0 Å². The minimum atomic E-state index is 0.144. The molecule has 3 heteroatoms. The lowest BCUT2D eigenvalue weighted by molar-refractivity contribution is 0.0738. The van der Waals surface area contributed by atoms with Crippen molar-refractivity contribution in [3.63, 3.8) is 0 Å². The fourth-order valence-corrected chi connectivity index (χ4v) is 3.87. The Morgan fingerprint density at radius 1 is 1.40 bits per heavy atom. The molecule has 1 fully saturated rings. The largest absolute Gasteiger partial charge is 0.395 e. The van der Waals surface area contributed by atoms with Crippen LogP contribution < -0.4 is 0 Å². The number of aliphatic hydroxyl groups is 1. The van der Waals surface area contributed by atoms with E-state index in [1.807, 2.05) is 0 Å². The zero-order chi connectivity index (χ0) is 14.5. The zero-order valence-electron chi connectivity index (χ0n) is 12.7. The molecule has 1 aliphatic heterocycles. The maximum absolute atomic E-state index is 8.81. The van der Waals surface area contributed by atoms with Gasteiger partial charge in [0, 0.05) is 36.0 Å². The molecule has 1 aromatic heterocycles. The molecule has 1 saturated heterocycles. The fourth-order valence-electron chi connectivity index (χ4n) is 3.01. The number of hydrogen-bond acceptors (Lipinski definition) is 3. The topological polar surface area (TPSA) is 23.5 Å². The van der Waals surface area contributed by atoms with Gasteiger partial charge in [0.05, 0.1) is 6.61 Å². The number of likely N-dealkylation sites (tertiary alicyclic amines) is 1. The molecule has 20 heavy (non-hydrogen) atoms. The van der Waals surface area contributed by atoms with Crippen molar-refractivity contribution < 1.29 is 5.11 Å². The molecular formula is C17H25NOS. The minimum absolute atomic E-state index is 0.144. The van der Waals surface area contributed by atoms with Crippen molar-refractivity contribution in [3.05, 3.63) is 21.9 Å². The highest BCUT2D eigenvalue weighted by atomic mass is 32.1. The van der Waals surface area contributed by atoms with Gasteiger partial charge in [0.15, 0.2) is 0 Å². The Hall–Kier alpha value is -0.820.